The molecule has 1 aromatic rings. The molecule has 5 heteroatoms. The highest BCUT2D eigenvalue weighted by Crippen LogP contribution is 2.30. The first kappa shape index (κ1) is 14.5. The Morgan fingerprint density at radius 3 is 2.40 bits per heavy atom. The summed E-state index contributed by atoms with van der Waals surface area (Å²) in [5.41, 5.74) is 7.10. The summed E-state index contributed by atoms with van der Waals surface area (Å²) < 4.78 is 0. The van der Waals surface area contributed by atoms with E-state index in [9.17, 15) is 9.59 Å². The van der Waals surface area contributed by atoms with Crippen molar-refractivity contribution in [2.75, 3.05) is 19.6 Å². The maximum absolute atomic E-state index is 12.4. The van der Waals surface area contributed by atoms with E-state index >= 15 is 0 Å². The summed E-state index contributed by atoms with van der Waals surface area (Å²) in [5.74, 6) is -0.716. The molecule has 1 aliphatic carbocycles. The summed E-state index contributed by atoms with van der Waals surface area (Å²) in [6.45, 7) is 0.871. The standard InChI is InChI=1S/C15H20N2O3/c16-8-7-11-3-5-13(6-4-11)15(20)17(10-14(18)19)9-12-1-2-12/h3-6,12H,1-2,7-10,16H2,(H,18,19). The van der Waals surface area contributed by atoms with Crippen molar-refractivity contribution in [1.82, 2.24) is 4.90 Å². The number of hydrogen-bond donors (Lipinski definition) is 2. The van der Waals surface area contributed by atoms with Gasteiger partial charge in [-0.15, -0.1) is 0 Å². The first-order valence-electron chi connectivity index (χ1n) is 6.90. The van der Waals surface area contributed by atoms with Crippen molar-refractivity contribution < 1.29 is 14.7 Å². The minimum Gasteiger partial charge on any atom is -0.480 e. The minimum atomic E-state index is -0.973. The van der Waals surface area contributed by atoms with E-state index in [1.54, 1.807) is 12.1 Å². The number of nitrogens with zero attached hydrogens (tertiary/aromatic N) is 1. The van der Waals surface area contributed by atoms with E-state index in [-0.39, 0.29) is 12.5 Å². The van der Waals surface area contributed by atoms with Crippen LogP contribution in [0.5, 0.6) is 0 Å². The van der Waals surface area contributed by atoms with Crippen molar-refractivity contribution in [2.45, 2.75) is 19.3 Å². The normalized spacial score (nSPS) is 14.1. The van der Waals surface area contributed by atoms with Crippen LogP contribution in [0.1, 0.15) is 28.8 Å². The number of carbonyl (C=O) groups is 2. The zero-order chi connectivity index (χ0) is 14.5. The second-order valence-electron chi connectivity index (χ2n) is 5.26. The van der Waals surface area contributed by atoms with Gasteiger partial charge in [0.1, 0.15) is 6.54 Å². The van der Waals surface area contributed by atoms with E-state index in [1.807, 2.05) is 12.1 Å². The number of hydrogen-bond acceptors (Lipinski definition) is 3. The Morgan fingerprint density at radius 2 is 1.90 bits per heavy atom. The van der Waals surface area contributed by atoms with Crippen LogP contribution in [0.2, 0.25) is 0 Å². The van der Waals surface area contributed by atoms with Gasteiger partial charge in [0.15, 0.2) is 0 Å². The molecular formula is C15H20N2O3. The fourth-order valence-electron chi connectivity index (χ4n) is 2.16. The minimum absolute atomic E-state index is 0.210. The molecule has 0 aliphatic heterocycles. The SMILES string of the molecule is NCCc1ccc(C(=O)N(CC(=O)O)CC2CC2)cc1. The van der Waals surface area contributed by atoms with Crippen LogP contribution in [0.25, 0.3) is 0 Å². The molecular weight excluding hydrogens is 256 g/mol. The molecule has 3 N–H and O–H groups in total. The quantitative estimate of drug-likeness (QED) is 0.782. The molecule has 108 valence electrons. The van der Waals surface area contributed by atoms with Gasteiger partial charge in [-0.3, -0.25) is 9.59 Å². The van der Waals surface area contributed by atoms with Gasteiger partial charge in [0.05, 0.1) is 0 Å². The lowest BCUT2D eigenvalue weighted by atomic mass is 10.1. The highest BCUT2D eigenvalue weighted by atomic mass is 16.4. The molecule has 2 rings (SSSR count). The lowest BCUT2D eigenvalue weighted by molar-refractivity contribution is -0.137. The fraction of sp³-hybridized carbons (Fsp3) is 0.467. The zero-order valence-corrected chi connectivity index (χ0v) is 11.4. The van der Waals surface area contributed by atoms with E-state index < -0.39 is 5.97 Å². The summed E-state index contributed by atoms with van der Waals surface area (Å²) >= 11 is 0. The van der Waals surface area contributed by atoms with Crippen LogP contribution in [-0.4, -0.2) is 41.5 Å². The molecule has 1 amide bonds. The van der Waals surface area contributed by atoms with Crippen LogP contribution in [0.15, 0.2) is 24.3 Å². The second-order valence-corrected chi connectivity index (χ2v) is 5.26. The number of carboxylic acid groups (broad SMARTS) is 1. The number of aliphatic carboxylic acids is 1. The number of carboxylic acids is 1. The van der Waals surface area contributed by atoms with E-state index in [2.05, 4.69) is 0 Å². The van der Waals surface area contributed by atoms with Crippen molar-refractivity contribution in [3.05, 3.63) is 35.4 Å². The third-order valence-corrected chi connectivity index (χ3v) is 3.42. The summed E-state index contributed by atoms with van der Waals surface area (Å²) in [7, 11) is 0. The predicted molar refractivity (Wildman–Crippen MR) is 75.5 cm³/mol. The molecule has 0 radical (unpaired) electrons. The molecule has 20 heavy (non-hydrogen) atoms. The highest BCUT2D eigenvalue weighted by molar-refractivity contribution is 5.95. The van der Waals surface area contributed by atoms with E-state index in [1.165, 1.54) is 4.90 Å². The Kier molecular flexibility index (Phi) is 4.74. The van der Waals surface area contributed by atoms with Gasteiger partial charge in [0, 0.05) is 12.1 Å². The van der Waals surface area contributed by atoms with Crippen LogP contribution in [0.3, 0.4) is 0 Å². The molecule has 1 aromatic carbocycles. The molecule has 0 aromatic heterocycles. The molecule has 1 saturated carbocycles. The largest absolute Gasteiger partial charge is 0.480 e. The third kappa shape index (κ3) is 4.06. The second kappa shape index (κ2) is 6.52. The van der Waals surface area contributed by atoms with Gasteiger partial charge in [-0.05, 0) is 49.4 Å². The zero-order valence-electron chi connectivity index (χ0n) is 11.4. The molecule has 0 atom stereocenters. The fourth-order valence-corrected chi connectivity index (χ4v) is 2.16. The molecule has 0 spiro atoms. The van der Waals surface area contributed by atoms with Gasteiger partial charge in [-0.25, -0.2) is 0 Å². The van der Waals surface area contributed by atoms with Crippen molar-refractivity contribution in [1.29, 1.82) is 0 Å². The van der Waals surface area contributed by atoms with Crippen molar-refractivity contribution >= 4 is 11.9 Å². The number of rotatable bonds is 7. The third-order valence-electron chi connectivity index (χ3n) is 3.42. The number of benzene rings is 1. The van der Waals surface area contributed by atoms with Gasteiger partial charge in [0.25, 0.3) is 5.91 Å². The Balaban J connectivity index is 2.06. The first-order chi connectivity index (χ1) is 9.60. The number of carbonyl (C=O) groups excluding carboxylic acids is 1. The lowest BCUT2D eigenvalue weighted by Gasteiger charge is -2.20. The van der Waals surface area contributed by atoms with Crippen LogP contribution in [-0.2, 0) is 11.2 Å². The highest BCUT2D eigenvalue weighted by Gasteiger charge is 2.28. The van der Waals surface area contributed by atoms with E-state index in [0.717, 1.165) is 24.8 Å². The van der Waals surface area contributed by atoms with Gasteiger partial charge in [-0.1, -0.05) is 12.1 Å². The summed E-state index contributed by atoms with van der Waals surface area (Å²) in [5, 5.41) is 8.92. The predicted octanol–water partition coefficient (Wildman–Crippen LogP) is 1.12. The van der Waals surface area contributed by atoms with Crippen molar-refractivity contribution in [2.24, 2.45) is 11.7 Å². The van der Waals surface area contributed by atoms with Crippen LogP contribution < -0.4 is 5.73 Å². The van der Waals surface area contributed by atoms with Gasteiger partial charge in [0.2, 0.25) is 0 Å². The van der Waals surface area contributed by atoms with E-state index in [0.29, 0.717) is 24.6 Å². The summed E-state index contributed by atoms with van der Waals surface area (Å²) in [6, 6.07) is 7.23. The van der Waals surface area contributed by atoms with Crippen molar-refractivity contribution in [3.8, 4) is 0 Å². The monoisotopic (exact) mass is 276 g/mol. The maximum Gasteiger partial charge on any atom is 0.323 e. The average molecular weight is 276 g/mol. The Labute approximate surface area is 118 Å². The average Bonchev–Trinajstić information content (AvgIpc) is 3.22. The molecule has 0 heterocycles. The smallest absolute Gasteiger partial charge is 0.323 e. The lowest BCUT2D eigenvalue weighted by Crippen LogP contribution is -2.37. The molecule has 1 aliphatic rings. The summed E-state index contributed by atoms with van der Waals surface area (Å²) in [4.78, 5) is 24.7. The Morgan fingerprint density at radius 1 is 1.25 bits per heavy atom. The first-order valence-corrected chi connectivity index (χ1v) is 6.90. The molecule has 5 nitrogen and oxygen atoms in total. The molecule has 0 saturated heterocycles. The topological polar surface area (TPSA) is 83.6 Å². The number of nitrogens with two attached hydrogens (primary N) is 1. The van der Waals surface area contributed by atoms with Gasteiger partial charge in [-0.2, -0.15) is 0 Å². The van der Waals surface area contributed by atoms with Gasteiger partial charge >= 0.3 is 5.97 Å². The Hall–Kier alpha value is -1.88. The van der Waals surface area contributed by atoms with E-state index in [4.69, 9.17) is 10.8 Å². The molecule has 0 bridgehead atoms. The van der Waals surface area contributed by atoms with Crippen LogP contribution in [0.4, 0.5) is 0 Å². The number of amides is 1. The molecule has 1 fully saturated rings. The van der Waals surface area contributed by atoms with Crippen molar-refractivity contribution in [3.63, 3.8) is 0 Å². The maximum atomic E-state index is 12.4. The van der Waals surface area contributed by atoms with Crippen LogP contribution in [0, 0.1) is 5.92 Å². The molecule has 0 unspecified atom stereocenters. The van der Waals surface area contributed by atoms with Crippen LogP contribution >= 0.6 is 0 Å². The van der Waals surface area contributed by atoms with Gasteiger partial charge < -0.3 is 15.7 Å². The Bertz CT molecular complexity index is 480. The summed E-state index contributed by atoms with van der Waals surface area (Å²) in [6.07, 6.45) is 2.94.